The van der Waals surface area contributed by atoms with Crippen molar-refractivity contribution in [2.75, 3.05) is 14.2 Å². The second-order valence-corrected chi connectivity index (χ2v) is 2.69. The van der Waals surface area contributed by atoms with Crippen LogP contribution in [0.1, 0.15) is 6.42 Å². The van der Waals surface area contributed by atoms with Crippen LogP contribution in [0.4, 0.5) is 0 Å². The molecule has 0 aliphatic carbocycles. The van der Waals surface area contributed by atoms with Crippen molar-refractivity contribution in [3.05, 3.63) is 24.2 Å². The number of aliphatic carboxylic acids is 1. The highest BCUT2D eigenvalue weighted by molar-refractivity contribution is 5.96. The third kappa shape index (κ3) is 2.49. The largest absolute Gasteiger partial charge is 0.502 e. The first kappa shape index (κ1) is 11.1. The van der Waals surface area contributed by atoms with Gasteiger partial charge >= 0.3 is 5.97 Å². The lowest BCUT2D eigenvalue weighted by molar-refractivity contribution is -0.133. The van der Waals surface area contributed by atoms with Crippen molar-refractivity contribution in [2.45, 2.75) is 6.42 Å². The van der Waals surface area contributed by atoms with Crippen molar-refractivity contribution < 1.29 is 19.5 Å². The summed E-state index contributed by atoms with van der Waals surface area (Å²) in [6, 6.07) is 0. The molecule has 0 amide bonds. The Balaban J connectivity index is 2.93. The molecular weight excluding hydrogens is 200 g/mol. The maximum Gasteiger partial charge on any atom is 0.356 e. The third-order valence-electron chi connectivity index (χ3n) is 1.74. The average Bonchev–Trinajstić information content (AvgIpc) is 2.62. The molecule has 1 aliphatic heterocycles. The minimum absolute atomic E-state index is 0.0120. The topological polar surface area (TPSA) is 71.4 Å². The van der Waals surface area contributed by atoms with Crippen LogP contribution in [0.25, 0.3) is 0 Å². The molecule has 1 rings (SSSR count). The van der Waals surface area contributed by atoms with Crippen LogP contribution >= 0.6 is 0 Å². The van der Waals surface area contributed by atoms with Crippen molar-refractivity contribution in [3.8, 4) is 0 Å². The fourth-order valence-electron chi connectivity index (χ4n) is 1.18. The highest BCUT2D eigenvalue weighted by Gasteiger charge is 2.23. The van der Waals surface area contributed by atoms with Gasteiger partial charge in [-0.1, -0.05) is 11.2 Å². The van der Waals surface area contributed by atoms with Gasteiger partial charge in [-0.05, 0) is 0 Å². The smallest absolute Gasteiger partial charge is 0.356 e. The number of carbonyl (C=O) groups is 1. The number of oxime groups is 1. The standard InChI is InChI=1S/C9H12N2O4/c1-14-6-7(9(12)13)11-5-3-4-8(11)10-15-2/h3,5-6H,4H2,1-2H3,(H,12,13). The van der Waals surface area contributed by atoms with Gasteiger partial charge < -0.3 is 14.7 Å². The number of methoxy groups -OCH3 is 1. The summed E-state index contributed by atoms with van der Waals surface area (Å²) in [7, 11) is 2.79. The Morgan fingerprint density at radius 1 is 1.67 bits per heavy atom. The van der Waals surface area contributed by atoms with Crippen LogP contribution in [0, 0.1) is 0 Å². The Morgan fingerprint density at radius 3 is 2.93 bits per heavy atom. The van der Waals surface area contributed by atoms with Crippen molar-refractivity contribution in [1.82, 2.24) is 4.90 Å². The number of carboxylic acid groups (broad SMARTS) is 1. The van der Waals surface area contributed by atoms with Crippen molar-refractivity contribution in [1.29, 1.82) is 0 Å². The fraction of sp³-hybridized carbons (Fsp3) is 0.333. The van der Waals surface area contributed by atoms with E-state index in [1.165, 1.54) is 19.1 Å². The summed E-state index contributed by atoms with van der Waals surface area (Å²) in [5.41, 5.74) is -0.0120. The van der Waals surface area contributed by atoms with Gasteiger partial charge in [0.1, 0.15) is 13.4 Å². The Bertz CT molecular complexity index is 333. The van der Waals surface area contributed by atoms with Gasteiger partial charge in [-0.15, -0.1) is 0 Å². The molecule has 1 N–H and O–H groups in total. The molecule has 0 radical (unpaired) electrons. The molecule has 0 aromatic carbocycles. The van der Waals surface area contributed by atoms with Crippen LogP contribution in [0.15, 0.2) is 29.4 Å². The monoisotopic (exact) mass is 212 g/mol. The fourth-order valence-corrected chi connectivity index (χ4v) is 1.18. The van der Waals surface area contributed by atoms with E-state index >= 15 is 0 Å². The summed E-state index contributed by atoms with van der Waals surface area (Å²) < 4.78 is 4.69. The molecule has 0 unspecified atom stereocenters. The SMILES string of the molecule is COC=C(C(=O)O)N1C=CCC1=NOC. The Morgan fingerprint density at radius 2 is 2.40 bits per heavy atom. The van der Waals surface area contributed by atoms with Crippen LogP contribution in [0.3, 0.4) is 0 Å². The van der Waals surface area contributed by atoms with Crippen molar-refractivity contribution in [2.24, 2.45) is 5.16 Å². The lowest BCUT2D eigenvalue weighted by atomic mass is 10.4. The van der Waals surface area contributed by atoms with E-state index in [4.69, 9.17) is 5.11 Å². The molecule has 0 aromatic rings. The average molecular weight is 212 g/mol. The molecule has 6 nitrogen and oxygen atoms in total. The van der Waals surface area contributed by atoms with E-state index in [0.29, 0.717) is 12.3 Å². The normalized spacial score (nSPS) is 18.4. The summed E-state index contributed by atoms with van der Waals surface area (Å²) in [6.07, 6.45) is 5.06. The molecule has 0 atom stereocenters. The minimum atomic E-state index is -1.09. The van der Waals surface area contributed by atoms with E-state index in [9.17, 15) is 4.79 Å². The second kappa shape index (κ2) is 5.04. The van der Waals surface area contributed by atoms with Crippen molar-refractivity contribution >= 4 is 11.8 Å². The van der Waals surface area contributed by atoms with E-state index in [2.05, 4.69) is 14.7 Å². The molecule has 0 fully saturated rings. The number of amidine groups is 1. The van der Waals surface area contributed by atoms with E-state index in [1.54, 1.807) is 12.3 Å². The highest BCUT2D eigenvalue weighted by Crippen LogP contribution is 2.16. The van der Waals surface area contributed by atoms with E-state index < -0.39 is 5.97 Å². The van der Waals surface area contributed by atoms with Crippen LogP contribution < -0.4 is 0 Å². The number of rotatable bonds is 4. The lowest BCUT2D eigenvalue weighted by Gasteiger charge is -2.16. The van der Waals surface area contributed by atoms with Crippen LogP contribution in [0.2, 0.25) is 0 Å². The van der Waals surface area contributed by atoms with Crippen molar-refractivity contribution in [3.63, 3.8) is 0 Å². The maximum atomic E-state index is 10.9. The first-order valence-corrected chi connectivity index (χ1v) is 4.23. The Labute approximate surface area is 87.1 Å². The molecule has 0 saturated heterocycles. The maximum absolute atomic E-state index is 10.9. The quantitative estimate of drug-likeness (QED) is 0.422. The molecule has 15 heavy (non-hydrogen) atoms. The van der Waals surface area contributed by atoms with Gasteiger partial charge in [0.05, 0.1) is 7.11 Å². The molecule has 0 spiro atoms. The Hall–Kier alpha value is -1.98. The van der Waals surface area contributed by atoms with Gasteiger partial charge in [0.15, 0.2) is 11.5 Å². The van der Waals surface area contributed by atoms with Gasteiger partial charge in [0.25, 0.3) is 0 Å². The van der Waals surface area contributed by atoms with E-state index in [-0.39, 0.29) is 5.70 Å². The van der Waals surface area contributed by atoms with E-state index in [0.717, 1.165) is 6.26 Å². The summed E-state index contributed by atoms with van der Waals surface area (Å²) in [6.45, 7) is 0. The summed E-state index contributed by atoms with van der Waals surface area (Å²) in [5.74, 6) is -0.588. The predicted molar refractivity (Wildman–Crippen MR) is 52.8 cm³/mol. The van der Waals surface area contributed by atoms with Gasteiger partial charge in [-0.3, -0.25) is 4.90 Å². The second-order valence-electron chi connectivity index (χ2n) is 2.69. The molecule has 0 bridgehead atoms. The van der Waals surface area contributed by atoms with E-state index in [1.807, 2.05) is 0 Å². The zero-order valence-electron chi connectivity index (χ0n) is 8.51. The number of ether oxygens (including phenoxy) is 1. The molecule has 1 aliphatic rings. The Kier molecular flexibility index (Phi) is 3.73. The number of hydrogen-bond acceptors (Lipinski definition) is 4. The highest BCUT2D eigenvalue weighted by atomic mass is 16.6. The lowest BCUT2D eigenvalue weighted by Crippen LogP contribution is -2.26. The molecule has 6 heteroatoms. The van der Waals surface area contributed by atoms with Crippen LogP contribution in [-0.4, -0.2) is 36.0 Å². The van der Waals surface area contributed by atoms with Crippen LogP contribution in [-0.2, 0) is 14.4 Å². The summed E-state index contributed by atoms with van der Waals surface area (Å²) >= 11 is 0. The first-order valence-electron chi connectivity index (χ1n) is 4.23. The number of hydrogen-bond donors (Lipinski definition) is 1. The first-order chi connectivity index (χ1) is 7.20. The van der Waals surface area contributed by atoms with Gasteiger partial charge in [-0.25, -0.2) is 4.79 Å². The molecule has 0 saturated carbocycles. The number of carboxylic acids is 1. The minimum Gasteiger partial charge on any atom is -0.502 e. The summed E-state index contributed by atoms with van der Waals surface area (Å²) in [4.78, 5) is 16.9. The molecule has 82 valence electrons. The third-order valence-corrected chi connectivity index (χ3v) is 1.74. The van der Waals surface area contributed by atoms with Gasteiger partial charge in [0.2, 0.25) is 0 Å². The number of nitrogens with zero attached hydrogens (tertiary/aromatic N) is 2. The zero-order valence-corrected chi connectivity index (χ0v) is 8.51. The van der Waals surface area contributed by atoms with Gasteiger partial charge in [0, 0.05) is 12.6 Å². The molecular formula is C9H12N2O4. The summed E-state index contributed by atoms with van der Waals surface area (Å²) in [5, 5.41) is 12.6. The molecule has 0 aromatic heterocycles. The zero-order chi connectivity index (χ0) is 11.3. The van der Waals surface area contributed by atoms with Gasteiger partial charge in [-0.2, -0.15) is 0 Å². The molecule has 1 heterocycles. The predicted octanol–water partition coefficient (Wildman–Crippen LogP) is 0.738. The van der Waals surface area contributed by atoms with Crippen LogP contribution in [0.5, 0.6) is 0 Å².